The minimum atomic E-state index is -0.488. The number of halogens is 2. The molecule has 91 heavy (non-hydrogen) atoms. The molecule has 0 bridgehead atoms. The van der Waals surface area contributed by atoms with Crippen molar-refractivity contribution in [2.75, 3.05) is 146 Å². The minimum absolute atomic E-state index is 0. The van der Waals surface area contributed by atoms with E-state index in [9.17, 15) is 33.6 Å². The van der Waals surface area contributed by atoms with Crippen LogP contribution in [0.15, 0.2) is 33.8 Å². The van der Waals surface area contributed by atoms with Gasteiger partial charge in [-0.3, -0.25) is 15.0 Å². The minimum Gasteiger partial charge on any atom is -0.465 e. The predicted octanol–water partition coefficient (Wildman–Crippen LogP) is 7.42. The molecule has 4 amide bonds. The summed E-state index contributed by atoms with van der Waals surface area (Å²) in [4.78, 5) is 109. The largest absolute Gasteiger partial charge is 0.465 e. The zero-order valence-corrected chi connectivity index (χ0v) is 59.4. The summed E-state index contributed by atoms with van der Waals surface area (Å²) in [6, 6.07) is 0. The highest BCUT2D eigenvalue weighted by molar-refractivity contribution is 9.11. The summed E-state index contributed by atoms with van der Waals surface area (Å²) >= 11 is 8.42. The molecule has 4 saturated heterocycles. The van der Waals surface area contributed by atoms with Gasteiger partial charge in [0.2, 0.25) is 0 Å². The molecule has 8 N–H and O–H groups in total. The lowest BCUT2D eigenvalue weighted by Gasteiger charge is -2.35. The van der Waals surface area contributed by atoms with E-state index in [1.54, 1.807) is 41.7 Å². The number of amides is 4. The normalized spacial score (nSPS) is 14.7. The second-order valence-electron chi connectivity index (χ2n) is 22.1. The van der Waals surface area contributed by atoms with Gasteiger partial charge in [0.05, 0.1) is 56.0 Å². The number of ether oxygens (including phenoxy) is 6. The van der Waals surface area contributed by atoms with E-state index in [0.717, 1.165) is 67.8 Å². The van der Waals surface area contributed by atoms with Crippen LogP contribution in [0.4, 0.5) is 29.8 Å². The number of esters is 3. The van der Waals surface area contributed by atoms with Gasteiger partial charge in [0, 0.05) is 105 Å². The number of hydrogen-bond acceptors (Lipinski definition) is 29. The monoisotopic (exact) mass is 1440 g/mol. The number of rotatable bonds is 11. The van der Waals surface area contributed by atoms with Crippen molar-refractivity contribution in [1.29, 1.82) is 10.9 Å². The van der Waals surface area contributed by atoms with Crippen molar-refractivity contribution in [2.24, 2.45) is 16.6 Å². The fourth-order valence-electron chi connectivity index (χ4n) is 7.42. The number of piperazine rings is 4. The molecule has 36 heteroatoms. The molecule has 0 atom stereocenters. The van der Waals surface area contributed by atoms with Gasteiger partial charge in [0.15, 0.2) is 25.1 Å². The van der Waals surface area contributed by atoms with Crippen molar-refractivity contribution in [3.63, 3.8) is 0 Å². The third kappa shape index (κ3) is 31.1. The molecule has 0 aliphatic carbocycles. The number of primary amides is 1. The molecule has 0 spiro atoms. The van der Waals surface area contributed by atoms with Gasteiger partial charge in [0.25, 0.3) is 5.91 Å². The number of thiazole rings is 4. The Labute approximate surface area is 562 Å². The van der Waals surface area contributed by atoms with Crippen LogP contribution in [0.2, 0.25) is 0 Å². The fraction of sp³-hybridized carbons (Fsp3) is 0.636. The highest BCUT2D eigenvalue weighted by Gasteiger charge is 2.30. The Kier molecular flexibility index (Phi) is 35.9. The summed E-state index contributed by atoms with van der Waals surface area (Å²) in [6.07, 6.45) is 5.35. The second-order valence-corrected chi connectivity index (χ2v) is 27.5. The van der Waals surface area contributed by atoms with Gasteiger partial charge >= 0.3 is 36.2 Å². The maximum atomic E-state index is 12.0. The van der Waals surface area contributed by atoms with Crippen molar-refractivity contribution >= 4 is 137 Å². The molecule has 4 aliphatic heterocycles. The molecule has 0 radical (unpaired) electrons. The van der Waals surface area contributed by atoms with Crippen LogP contribution in [0.3, 0.4) is 0 Å². The lowest BCUT2D eigenvalue weighted by atomic mass is 10.2. The molecular weight excluding hydrogens is 1350 g/mol. The lowest BCUT2D eigenvalue weighted by Crippen LogP contribution is -2.50. The van der Waals surface area contributed by atoms with Crippen LogP contribution >= 0.6 is 73.7 Å². The number of hydrogen-bond donors (Lipinski definition) is 6. The van der Waals surface area contributed by atoms with Gasteiger partial charge in [-0.2, -0.15) is 0 Å². The molecule has 8 rings (SSSR count). The van der Waals surface area contributed by atoms with Crippen molar-refractivity contribution in [3.05, 3.63) is 48.2 Å². The Morgan fingerprint density at radius 2 is 0.857 bits per heavy atom. The van der Waals surface area contributed by atoms with Crippen molar-refractivity contribution in [2.45, 2.75) is 99.9 Å². The first-order valence-electron chi connectivity index (χ1n) is 29.0. The number of nitrogens with one attached hydrogen (secondary N) is 4. The molecule has 0 unspecified atom stereocenters. The van der Waals surface area contributed by atoms with E-state index < -0.39 is 17.1 Å². The molecule has 8 heterocycles. The molecule has 4 aromatic heterocycles. The summed E-state index contributed by atoms with van der Waals surface area (Å²) in [5.41, 5.74) is 15.5. The van der Waals surface area contributed by atoms with Crippen molar-refractivity contribution < 1.29 is 62.0 Å². The first-order valence-corrected chi connectivity index (χ1v) is 33.0. The second kappa shape index (κ2) is 40.5. The average molecular weight is 1440 g/mol. The van der Waals surface area contributed by atoms with Crippen LogP contribution in [-0.2, 0) is 33.2 Å². The van der Waals surface area contributed by atoms with Crippen molar-refractivity contribution in [1.82, 2.24) is 45.3 Å². The van der Waals surface area contributed by atoms with Crippen LogP contribution in [0, 0.1) is 10.9 Å². The topological polar surface area (TPSA) is 382 Å². The van der Waals surface area contributed by atoms with Crippen LogP contribution < -0.4 is 36.8 Å². The smallest absolute Gasteiger partial charge is 0.410 e. The number of anilines is 3. The highest BCUT2D eigenvalue weighted by Crippen LogP contribution is 2.27. The zero-order valence-electron chi connectivity index (χ0n) is 53.8. The number of aromatic nitrogens is 4. The van der Waals surface area contributed by atoms with Gasteiger partial charge in [-0.15, -0.1) is 28.9 Å². The van der Waals surface area contributed by atoms with Gasteiger partial charge < -0.3 is 79.9 Å². The van der Waals surface area contributed by atoms with E-state index >= 15 is 0 Å². The van der Waals surface area contributed by atoms with E-state index in [0.29, 0.717) is 95.6 Å². The molecule has 4 aromatic rings. The standard InChI is InChI=1S/C15H23N3O4S.C13H20N4O3S.C9H18N2O2.C8H12N6S.C6H6BrNO2S.C4H9NO2.ClH/c1-5-21-12(19)11-10-16-13(23-11)17-6-8-18(9-7-17)14(20)22-15(2,3)4;1-13(2,3)20-12(19)17-6-4-16(5-7-17)11-15-8-9(21-11)10(14)18;1-9(2,3)13-8(12)11-6-4-10-5-7-11;9-7(13-10)6-5-12-8(15-6)14-3-1-11-2-4-14;1-2-10-5(9)4-3-8-6(7)11-4;1-2-7-4(6)3-5;/h10H,5-9H2,1-4H3;8H,4-7H2,1-3H3,(H2,14,18);10H,4-7H2,1-3H3;5,9-11H,1-4H2;3H,2H2,1H3;2-3,5H2,1H3;1H. The third-order valence-corrected chi connectivity index (χ3v) is 16.2. The first-order chi connectivity index (χ1) is 42.4. The van der Waals surface area contributed by atoms with E-state index in [2.05, 4.69) is 66.2 Å². The Bertz CT molecular complexity index is 2910. The molecule has 0 saturated carbocycles. The summed E-state index contributed by atoms with van der Waals surface area (Å²) in [7, 11) is 0. The maximum Gasteiger partial charge on any atom is 0.410 e. The number of carbonyl (C=O) groups is 7. The van der Waals surface area contributed by atoms with E-state index in [1.165, 1.54) is 63.9 Å². The molecule has 510 valence electrons. The predicted molar refractivity (Wildman–Crippen MR) is 357 cm³/mol. The molecule has 4 aliphatic rings. The van der Waals surface area contributed by atoms with Gasteiger partial charge in [-0.05, 0) is 99.0 Å². The number of nitrogens with two attached hydrogens (primary N) is 2. The Morgan fingerprint density at radius 3 is 1.19 bits per heavy atom. The van der Waals surface area contributed by atoms with E-state index in [1.807, 2.05) is 67.2 Å². The van der Waals surface area contributed by atoms with E-state index in [-0.39, 0.29) is 66.6 Å². The number of amidine groups is 1. The van der Waals surface area contributed by atoms with Gasteiger partial charge in [0.1, 0.15) is 31.4 Å². The Balaban J connectivity index is 0.000000384. The van der Waals surface area contributed by atoms with Gasteiger partial charge in [-0.25, -0.2) is 49.4 Å². The quantitative estimate of drug-likeness (QED) is 0.0279. The summed E-state index contributed by atoms with van der Waals surface area (Å²) in [6.45, 7) is 35.1. The first kappa shape index (κ1) is 80.6. The van der Waals surface area contributed by atoms with Crippen LogP contribution in [0.25, 0.3) is 0 Å². The summed E-state index contributed by atoms with van der Waals surface area (Å²) in [5.74, 6) is -1.48. The SMILES string of the molecule is CC(C)(C)OC(=O)N1CCN(c2ncc(C(N)=O)s2)CC1.CC(C)(C)OC(=O)N1CCNCC1.CCOC(=O)CN.CCOC(=O)c1cnc(Br)s1.CCOC(=O)c1cnc(N2CCN(C(=O)OC(C)(C)C)CC2)s1.Cl.N=NC(=N)c1cnc(N2CCNCC2)s1. The molecule has 4 fully saturated rings. The summed E-state index contributed by atoms with van der Waals surface area (Å²) in [5, 5.41) is 19.4. The lowest BCUT2D eigenvalue weighted by molar-refractivity contribution is -0.141. The third-order valence-electron chi connectivity index (χ3n) is 11.5. The number of carbonyl (C=O) groups excluding carboxylic acids is 7. The van der Waals surface area contributed by atoms with Gasteiger partial charge in [-0.1, -0.05) is 34.0 Å². The average Bonchev–Trinajstić information content (AvgIpc) is 2.40. The van der Waals surface area contributed by atoms with Crippen LogP contribution in [0.1, 0.15) is 117 Å². The molecule has 30 nitrogen and oxygen atoms in total. The zero-order chi connectivity index (χ0) is 67.2. The van der Waals surface area contributed by atoms with Crippen molar-refractivity contribution in [3.8, 4) is 0 Å². The Hall–Kier alpha value is -6.47. The number of nitrogens with zero attached hydrogens (tertiary/aromatic N) is 11. The summed E-state index contributed by atoms with van der Waals surface area (Å²) < 4.78 is 30.8. The maximum absolute atomic E-state index is 12.0. The van der Waals surface area contributed by atoms with Crippen LogP contribution in [-0.4, -0.2) is 230 Å². The van der Waals surface area contributed by atoms with Crippen LogP contribution in [0.5, 0.6) is 0 Å². The highest BCUT2D eigenvalue weighted by atomic mass is 79.9. The molecular formula is C55H89BrClN17O13S4. The van der Waals surface area contributed by atoms with E-state index in [4.69, 9.17) is 46.1 Å². The Morgan fingerprint density at radius 1 is 0.527 bits per heavy atom. The fourth-order valence-corrected chi connectivity index (χ4v) is 11.1. The molecule has 0 aromatic carbocycles.